The highest BCUT2D eigenvalue weighted by molar-refractivity contribution is 7.91. The molecule has 1 atom stereocenters. The van der Waals surface area contributed by atoms with Gasteiger partial charge in [-0.3, -0.25) is 0 Å². The average Bonchev–Trinajstić information content (AvgIpc) is 3.18. The molecule has 1 fully saturated rings. The molecule has 2 N–H and O–H groups in total. The zero-order chi connectivity index (χ0) is 17.2. The number of carbonyl (C=O) groups is 1. The van der Waals surface area contributed by atoms with Gasteiger partial charge in [-0.25, -0.2) is 18.2 Å². The first-order valence-electron chi connectivity index (χ1n) is 7.85. The van der Waals surface area contributed by atoms with Crippen molar-refractivity contribution in [2.45, 2.75) is 19.4 Å². The largest absolute Gasteiger partial charge is 0.345 e. The van der Waals surface area contributed by atoms with E-state index in [4.69, 9.17) is 0 Å². The fraction of sp³-hybridized carbons (Fsp3) is 0.375. The summed E-state index contributed by atoms with van der Waals surface area (Å²) in [5.41, 5.74) is 2.43. The summed E-state index contributed by atoms with van der Waals surface area (Å²) in [6.45, 7) is 2.32. The van der Waals surface area contributed by atoms with E-state index < -0.39 is 9.84 Å². The Kier molecular flexibility index (Phi) is 4.57. The molecular formula is C16H20N4O3S. The van der Waals surface area contributed by atoms with E-state index in [1.165, 1.54) is 0 Å². The minimum atomic E-state index is -3.03. The number of hydrogen-bond acceptors (Lipinski definition) is 4. The molecule has 128 valence electrons. The quantitative estimate of drug-likeness (QED) is 0.885. The lowest BCUT2D eigenvalue weighted by molar-refractivity contribution is 0.197. The molecule has 0 aliphatic carbocycles. The smallest absolute Gasteiger partial charge is 0.322 e. The van der Waals surface area contributed by atoms with Crippen LogP contribution in [0.15, 0.2) is 36.8 Å². The second-order valence-electron chi connectivity index (χ2n) is 5.82. The third-order valence-electron chi connectivity index (χ3n) is 4.17. The highest BCUT2D eigenvalue weighted by atomic mass is 32.2. The molecule has 1 aromatic carbocycles. The van der Waals surface area contributed by atoms with Crippen LogP contribution in [0.2, 0.25) is 0 Å². The number of aromatic amines is 1. The van der Waals surface area contributed by atoms with Crippen LogP contribution in [0, 0.1) is 0 Å². The van der Waals surface area contributed by atoms with Crippen LogP contribution >= 0.6 is 0 Å². The summed E-state index contributed by atoms with van der Waals surface area (Å²) in [4.78, 5) is 21.1. The topological polar surface area (TPSA) is 95.2 Å². The van der Waals surface area contributed by atoms with Crippen molar-refractivity contribution >= 4 is 21.6 Å². The summed E-state index contributed by atoms with van der Waals surface area (Å²) in [7, 11) is -3.03. The monoisotopic (exact) mass is 348 g/mol. The summed E-state index contributed by atoms with van der Waals surface area (Å²) < 4.78 is 23.3. The summed E-state index contributed by atoms with van der Waals surface area (Å²) in [5.74, 6) is 0.194. The summed E-state index contributed by atoms with van der Waals surface area (Å²) in [6, 6.07) is 6.89. The minimum Gasteiger partial charge on any atom is -0.345 e. The zero-order valence-corrected chi connectivity index (χ0v) is 14.2. The van der Waals surface area contributed by atoms with Crippen molar-refractivity contribution in [1.82, 2.24) is 14.9 Å². The van der Waals surface area contributed by atoms with Crippen LogP contribution in [0.5, 0.6) is 0 Å². The van der Waals surface area contributed by atoms with Gasteiger partial charge in [0.1, 0.15) is 0 Å². The number of nitrogens with zero attached hydrogens (tertiary/aromatic N) is 2. The standard InChI is InChI=1S/C16H20N4O3S/c1-2-20(14-6-7-24(22,23)10-14)16(21)19-13-5-3-4-12(8-13)15-9-17-11-18-15/h3-5,8-9,11,14H,2,6-7,10H2,1H3,(H,17,18)(H,19,21)/t14-/m1/s1. The van der Waals surface area contributed by atoms with Gasteiger partial charge < -0.3 is 15.2 Å². The van der Waals surface area contributed by atoms with Gasteiger partial charge in [-0.1, -0.05) is 12.1 Å². The fourth-order valence-electron chi connectivity index (χ4n) is 2.96. The number of aromatic nitrogens is 2. The Morgan fingerprint density at radius 2 is 2.29 bits per heavy atom. The number of carbonyl (C=O) groups excluding carboxylic acids is 1. The fourth-order valence-corrected chi connectivity index (χ4v) is 4.69. The lowest BCUT2D eigenvalue weighted by Gasteiger charge is -2.27. The van der Waals surface area contributed by atoms with E-state index in [0.29, 0.717) is 18.7 Å². The number of anilines is 1. The van der Waals surface area contributed by atoms with Crippen LogP contribution in [-0.4, -0.2) is 53.4 Å². The highest BCUT2D eigenvalue weighted by Crippen LogP contribution is 2.22. The summed E-state index contributed by atoms with van der Waals surface area (Å²) in [6.07, 6.45) is 3.81. The van der Waals surface area contributed by atoms with Crippen LogP contribution < -0.4 is 5.32 Å². The van der Waals surface area contributed by atoms with Gasteiger partial charge in [-0.05, 0) is 25.5 Å². The van der Waals surface area contributed by atoms with Gasteiger partial charge in [0.15, 0.2) is 9.84 Å². The number of amides is 2. The molecule has 3 rings (SSSR count). The number of sulfone groups is 1. The van der Waals surface area contributed by atoms with Gasteiger partial charge >= 0.3 is 6.03 Å². The molecule has 0 saturated carbocycles. The zero-order valence-electron chi connectivity index (χ0n) is 13.4. The van der Waals surface area contributed by atoms with Gasteiger partial charge in [0.05, 0.1) is 29.7 Å². The Bertz CT molecular complexity index is 818. The Labute approximate surface area is 141 Å². The number of rotatable bonds is 4. The molecule has 2 aromatic rings. The highest BCUT2D eigenvalue weighted by Gasteiger charge is 2.33. The van der Waals surface area contributed by atoms with Crippen molar-refractivity contribution in [3.05, 3.63) is 36.8 Å². The van der Waals surface area contributed by atoms with Crippen LogP contribution in [0.25, 0.3) is 11.3 Å². The van der Waals surface area contributed by atoms with E-state index >= 15 is 0 Å². The Hall–Kier alpha value is -2.35. The predicted molar refractivity (Wildman–Crippen MR) is 92.5 cm³/mol. The molecule has 0 spiro atoms. The average molecular weight is 348 g/mol. The molecule has 8 heteroatoms. The van der Waals surface area contributed by atoms with E-state index in [0.717, 1.165) is 11.3 Å². The van der Waals surface area contributed by atoms with Crippen molar-refractivity contribution in [1.29, 1.82) is 0 Å². The summed E-state index contributed by atoms with van der Waals surface area (Å²) in [5, 5.41) is 2.86. The Balaban J connectivity index is 1.73. The number of H-pyrrole nitrogens is 1. The first kappa shape index (κ1) is 16.5. The van der Waals surface area contributed by atoms with Crippen LogP contribution in [0.1, 0.15) is 13.3 Å². The van der Waals surface area contributed by atoms with Crippen molar-refractivity contribution < 1.29 is 13.2 Å². The lowest BCUT2D eigenvalue weighted by Crippen LogP contribution is -2.43. The van der Waals surface area contributed by atoms with Crippen LogP contribution in [-0.2, 0) is 9.84 Å². The van der Waals surface area contributed by atoms with Crippen LogP contribution in [0.4, 0.5) is 10.5 Å². The molecule has 1 saturated heterocycles. The molecule has 2 amide bonds. The van der Waals surface area contributed by atoms with E-state index in [-0.39, 0.29) is 23.6 Å². The van der Waals surface area contributed by atoms with E-state index in [2.05, 4.69) is 15.3 Å². The molecule has 2 heterocycles. The maximum absolute atomic E-state index is 12.5. The van der Waals surface area contributed by atoms with Gasteiger partial charge in [0.2, 0.25) is 0 Å². The molecule has 7 nitrogen and oxygen atoms in total. The van der Waals surface area contributed by atoms with Crippen molar-refractivity contribution in [3.8, 4) is 11.3 Å². The van der Waals surface area contributed by atoms with E-state index in [1.807, 2.05) is 25.1 Å². The molecule has 1 aliphatic rings. The number of imidazole rings is 1. The number of urea groups is 1. The van der Waals surface area contributed by atoms with Crippen LogP contribution in [0.3, 0.4) is 0 Å². The molecule has 0 radical (unpaired) electrons. The molecule has 0 unspecified atom stereocenters. The third-order valence-corrected chi connectivity index (χ3v) is 5.92. The number of nitrogens with one attached hydrogen (secondary N) is 2. The van der Waals surface area contributed by atoms with Crippen molar-refractivity contribution in [3.63, 3.8) is 0 Å². The molecule has 24 heavy (non-hydrogen) atoms. The SMILES string of the molecule is CCN(C(=O)Nc1cccc(-c2cnc[nH]2)c1)[C@@H]1CCS(=O)(=O)C1. The maximum Gasteiger partial charge on any atom is 0.322 e. The first-order valence-corrected chi connectivity index (χ1v) is 9.67. The van der Waals surface area contributed by atoms with Gasteiger partial charge in [0, 0.05) is 23.8 Å². The second-order valence-corrected chi connectivity index (χ2v) is 8.05. The Morgan fingerprint density at radius 1 is 1.46 bits per heavy atom. The number of hydrogen-bond donors (Lipinski definition) is 2. The molecule has 0 bridgehead atoms. The molecule has 1 aliphatic heterocycles. The predicted octanol–water partition coefficient (Wildman–Crippen LogP) is 2.12. The van der Waals surface area contributed by atoms with E-state index in [1.54, 1.807) is 23.5 Å². The van der Waals surface area contributed by atoms with Gasteiger partial charge in [0.25, 0.3) is 0 Å². The lowest BCUT2D eigenvalue weighted by atomic mass is 10.1. The first-order chi connectivity index (χ1) is 11.5. The summed E-state index contributed by atoms with van der Waals surface area (Å²) >= 11 is 0. The maximum atomic E-state index is 12.5. The van der Waals surface area contributed by atoms with Crippen molar-refractivity contribution in [2.75, 3.05) is 23.4 Å². The normalized spacial score (nSPS) is 19.1. The molecular weight excluding hydrogens is 328 g/mol. The van der Waals surface area contributed by atoms with Gasteiger partial charge in [-0.2, -0.15) is 0 Å². The third kappa shape index (κ3) is 3.59. The molecule has 1 aromatic heterocycles. The second kappa shape index (κ2) is 6.64. The number of benzene rings is 1. The van der Waals surface area contributed by atoms with Gasteiger partial charge in [-0.15, -0.1) is 0 Å². The Morgan fingerprint density at radius 3 is 2.92 bits per heavy atom. The van der Waals surface area contributed by atoms with Crippen molar-refractivity contribution in [2.24, 2.45) is 0 Å². The minimum absolute atomic E-state index is 0.0441. The van der Waals surface area contributed by atoms with E-state index in [9.17, 15) is 13.2 Å².